The van der Waals surface area contributed by atoms with Crippen molar-refractivity contribution in [2.75, 3.05) is 25.1 Å². The van der Waals surface area contributed by atoms with E-state index in [2.05, 4.69) is 15.9 Å². The number of halogens is 1. The van der Waals surface area contributed by atoms with Crippen molar-refractivity contribution >= 4 is 15.9 Å². The molecule has 0 aromatic rings. The van der Waals surface area contributed by atoms with Crippen LogP contribution in [0.15, 0.2) is 0 Å². The lowest BCUT2D eigenvalue weighted by atomic mass is 10.3. The van der Waals surface area contributed by atoms with E-state index in [1.807, 2.05) is 0 Å². The third-order valence-electron chi connectivity index (χ3n) is 1.33. The van der Waals surface area contributed by atoms with Gasteiger partial charge in [-0.2, -0.15) is 0 Å². The summed E-state index contributed by atoms with van der Waals surface area (Å²) in [5.41, 5.74) is 5.40. The fourth-order valence-electron chi connectivity index (χ4n) is 0.747. The van der Waals surface area contributed by atoms with E-state index in [0.717, 1.165) is 0 Å². The minimum Gasteiger partial charge on any atom is -0.345 e. The van der Waals surface area contributed by atoms with Crippen molar-refractivity contribution in [2.24, 2.45) is 5.73 Å². The number of alkyl halides is 1. The zero-order chi connectivity index (χ0) is 6.74. The standard InChI is InChI=1S/C5H10BrNO2/c6-3-5(4-7)8-1-2-9-5/h1-4,7H2. The van der Waals surface area contributed by atoms with Crippen LogP contribution in [0.2, 0.25) is 0 Å². The van der Waals surface area contributed by atoms with E-state index in [1.54, 1.807) is 0 Å². The Kier molecular flexibility index (Phi) is 2.46. The minimum atomic E-state index is -0.528. The van der Waals surface area contributed by atoms with E-state index in [4.69, 9.17) is 15.2 Å². The van der Waals surface area contributed by atoms with E-state index in [-0.39, 0.29) is 0 Å². The summed E-state index contributed by atoms with van der Waals surface area (Å²) >= 11 is 3.26. The molecule has 0 aromatic heterocycles. The molecule has 0 aliphatic carbocycles. The minimum absolute atomic E-state index is 0.415. The Hall–Kier alpha value is 0.360. The van der Waals surface area contributed by atoms with Gasteiger partial charge in [0.1, 0.15) is 0 Å². The number of ether oxygens (including phenoxy) is 2. The fraction of sp³-hybridized carbons (Fsp3) is 1.00. The van der Waals surface area contributed by atoms with Gasteiger partial charge in [0.2, 0.25) is 0 Å². The molecular weight excluding hydrogens is 186 g/mol. The molecule has 0 unspecified atom stereocenters. The third kappa shape index (κ3) is 1.43. The summed E-state index contributed by atoms with van der Waals surface area (Å²) in [4.78, 5) is 0. The molecule has 0 amide bonds. The smallest absolute Gasteiger partial charge is 0.190 e. The van der Waals surface area contributed by atoms with Crippen molar-refractivity contribution in [1.29, 1.82) is 0 Å². The van der Waals surface area contributed by atoms with Crippen molar-refractivity contribution in [3.05, 3.63) is 0 Å². The first-order valence-electron chi connectivity index (χ1n) is 2.87. The molecule has 4 heteroatoms. The lowest BCUT2D eigenvalue weighted by Gasteiger charge is -2.22. The summed E-state index contributed by atoms with van der Waals surface area (Å²) in [5, 5.41) is 0.649. The van der Waals surface area contributed by atoms with Crippen LogP contribution >= 0.6 is 15.9 Å². The highest BCUT2D eigenvalue weighted by Crippen LogP contribution is 2.19. The zero-order valence-electron chi connectivity index (χ0n) is 5.10. The molecule has 1 saturated heterocycles. The van der Waals surface area contributed by atoms with Gasteiger partial charge in [0, 0.05) is 6.54 Å². The van der Waals surface area contributed by atoms with Gasteiger partial charge >= 0.3 is 0 Å². The van der Waals surface area contributed by atoms with E-state index in [9.17, 15) is 0 Å². The maximum Gasteiger partial charge on any atom is 0.190 e. The van der Waals surface area contributed by atoms with Crippen molar-refractivity contribution in [3.63, 3.8) is 0 Å². The van der Waals surface area contributed by atoms with Crippen LogP contribution in [0.1, 0.15) is 0 Å². The number of hydrogen-bond donors (Lipinski definition) is 1. The van der Waals surface area contributed by atoms with Crippen LogP contribution in [-0.2, 0) is 9.47 Å². The van der Waals surface area contributed by atoms with Crippen LogP contribution in [0.4, 0.5) is 0 Å². The second kappa shape index (κ2) is 2.96. The van der Waals surface area contributed by atoms with Gasteiger partial charge in [-0.25, -0.2) is 0 Å². The Morgan fingerprint density at radius 2 is 2.00 bits per heavy atom. The van der Waals surface area contributed by atoms with Gasteiger partial charge in [0.15, 0.2) is 5.79 Å². The first-order valence-corrected chi connectivity index (χ1v) is 3.99. The highest BCUT2D eigenvalue weighted by Gasteiger charge is 2.33. The van der Waals surface area contributed by atoms with Crippen LogP contribution in [0, 0.1) is 0 Å². The van der Waals surface area contributed by atoms with Gasteiger partial charge in [-0.05, 0) is 0 Å². The summed E-state index contributed by atoms with van der Waals surface area (Å²) in [6.07, 6.45) is 0. The first-order chi connectivity index (χ1) is 4.33. The van der Waals surface area contributed by atoms with Gasteiger partial charge in [-0.3, -0.25) is 0 Å². The van der Waals surface area contributed by atoms with Gasteiger partial charge in [0.05, 0.1) is 18.5 Å². The summed E-state index contributed by atoms with van der Waals surface area (Å²) < 4.78 is 10.5. The van der Waals surface area contributed by atoms with E-state index in [1.165, 1.54) is 0 Å². The Morgan fingerprint density at radius 1 is 1.44 bits per heavy atom. The Bertz CT molecular complexity index is 87.0. The van der Waals surface area contributed by atoms with Crippen LogP contribution in [-0.4, -0.2) is 30.9 Å². The number of rotatable bonds is 2. The van der Waals surface area contributed by atoms with E-state index >= 15 is 0 Å². The van der Waals surface area contributed by atoms with Crippen LogP contribution in [0.25, 0.3) is 0 Å². The predicted molar refractivity (Wildman–Crippen MR) is 37.5 cm³/mol. The number of hydrogen-bond acceptors (Lipinski definition) is 3. The van der Waals surface area contributed by atoms with Crippen molar-refractivity contribution in [3.8, 4) is 0 Å². The quantitative estimate of drug-likeness (QED) is 0.636. The average Bonchev–Trinajstić information content (AvgIpc) is 2.36. The van der Waals surface area contributed by atoms with Gasteiger partial charge in [-0.1, -0.05) is 15.9 Å². The molecular formula is C5H10BrNO2. The maximum atomic E-state index is 5.40. The summed E-state index contributed by atoms with van der Waals surface area (Å²) in [6, 6.07) is 0. The molecule has 1 heterocycles. The Balaban J connectivity index is 2.45. The summed E-state index contributed by atoms with van der Waals surface area (Å²) in [5.74, 6) is -0.528. The molecule has 0 bridgehead atoms. The molecule has 1 rings (SSSR count). The summed E-state index contributed by atoms with van der Waals surface area (Å²) in [7, 11) is 0. The predicted octanol–water partition coefficient (Wildman–Crippen LogP) is 0.0831. The normalized spacial score (nSPS) is 24.7. The van der Waals surface area contributed by atoms with Crippen molar-refractivity contribution in [1.82, 2.24) is 0 Å². The first kappa shape index (κ1) is 7.47. The van der Waals surface area contributed by atoms with E-state index < -0.39 is 5.79 Å². The molecule has 9 heavy (non-hydrogen) atoms. The molecule has 54 valence electrons. The molecule has 0 aromatic carbocycles. The van der Waals surface area contributed by atoms with Gasteiger partial charge < -0.3 is 15.2 Å². The topological polar surface area (TPSA) is 44.5 Å². The second-order valence-corrected chi connectivity index (χ2v) is 2.51. The maximum absolute atomic E-state index is 5.40. The molecule has 0 spiro atoms. The molecule has 2 N–H and O–H groups in total. The van der Waals surface area contributed by atoms with E-state index in [0.29, 0.717) is 25.1 Å². The molecule has 3 nitrogen and oxygen atoms in total. The summed E-state index contributed by atoms with van der Waals surface area (Å²) in [6.45, 7) is 1.73. The Labute approximate surface area is 62.6 Å². The van der Waals surface area contributed by atoms with Crippen LogP contribution in [0.3, 0.4) is 0 Å². The third-order valence-corrected chi connectivity index (χ3v) is 2.18. The highest BCUT2D eigenvalue weighted by atomic mass is 79.9. The highest BCUT2D eigenvalue weighted by molar-refractivity contribution is 9.09. The van der Waals surface area contributed by atoms with Crippen LogP contribution < -0.4 is 5.73 Å². The average molecular weight is 196 g/mol. The molecule has 1 fully saturated rings. The van der Waals surface area contributed by atoms with Gasteiger partial charge in [0.25, 0.3) is 0 Å². The monoisotopic (exact) mass is 195 g/mol. The molecule has 0 saturated carbocycles. The second-order valence-electron chi connectivity index (χ2n) is 1.95. The molecule has 0 radical (unpaired) electrons. The SMILES string of the molecule is NCC1(CBr)OCCO1. The van der Waals surface area contributed by atoms with Crippen molar-refractivity contribution in [2.45, 2.75) is 5.79 Å². The largest absolute Gasteiger partial charge is 0.345 e. The lowest BCUT2D eigenvalue weighted by Crippen LogP contribution is -2.40. The lowest BCUT2D eigenvalue weighted by molar-refractivity contribution is -0.127. The zero-order valence-corrected chi connectivity index (χ0v) is 6.69. The van der Waals surface area contributed by atoms with Crippen LogP contribution in [0.5, 0.6) is 0 Å². The number of nitrogens with two attached hydrogens (primary N) is 1. The van der Waals surface area contributed by atoms with Gasteiger partial charge in [-0.15, -0.1) is 0 Å². The Morgan fingerprint density at radius 3 is 2.22 bits per heavy atom. The van der Waals surface area contributed by atoms with Crippen molar-refractivity contribution < 1.29 is 9.47 Å². The molecule has 1 aliphatic heterocycles. The molecule has 1 aliphatic rings. The molecule has 0 atom stereocenters. The fourth-order valence-corrected chi connectivity index (χ4v) is 1.30.